The van der Waals surface area contributed by atoms with Gasteiger partial charge in [0.25, 0.3) is 0 Å². The van der Waals surface area contributed by atoms with Gasteiger partial charge in [0.15, 0.2) is 0 Å². The molecule has 0 spiro atoms. The summed E-state index contributed by atoms with van der Waals surface area (Å²) in [7, 11) is 0. The van der Waals surface area contributed by atoms with Crippen LogP contribution < -0.4 is 5.32 Å². The van der Waals surface area contributed by atoms with Crippen LogP contribution in [0.5, 0.6) is 0 Å². The molecule has 0 fully saturated rings. The van der Waals surface area contributed by atoms with Gasteiger partial charge in [-0.2, -0.15) is 4.98 Å². The molecule has 2 aromatic rings. The van der Waals surface area contributed by atoms with Crippen LogP contribution in [0.4, 0.5) is 6.01 Å². The number of nitrogens with one attached hydrogen (secondary N) is 1. The molecular weight excluding hydrogens is 228 g/mol. The zero-order valence-electron chi connectivity index (χ0n) is 8.77. The van der Waals surface area contributed by atoms with Crippen molar-refractivity contribution in [2.24, 2.45) is 0 Å². The fourth-order valence-electron chi connectivity index (χ4n) is 1.14. The molecule has 0 atom stereocenters. The first-order valence-corrected chi connectivity index (χ1v) is 5.37. The minimum atomic E-state index is 0.411. The summed E-state index contributed by atoms with van der Waals surface area (Å²) in [6.07, 6.45) is 2.54. The van der Waals surface area contributed by atoms with Gasteiger partial charge in [-0.1, -0.05) is 23.7 Å². The first kappa shape index (κ1) is 10.9. The van der Waals surface area contributed by atoms with E-state index in [9.17, 15) is 0 Å². The Morgan fingerprint density at radius 3 is 3.00 bits per heavy atom. The van der Waals surface area contributed by atoms with Crippen molar-refractivity contribution in [2.45, 2.75) is 13.3 Å². The molecule has 0 bridgehead atoms. The van der Waals surface area contributed by atoms with E-state index in [1.165, 1.54) is 0 Å². The fourth-order valence-corrected chi connectivity index (χ4v) is 1.25. The predicted molar refractivity (Wildman–Crippen MR) is 61.3 cm³/mol. The molecule has 5 nitrogen and oxygen atoms in total. The molecule has 0 unspecified atom stereocenters. The molecule has 0 radical (unpaired) electrons. The third-order valence-electron chi connectivity index (χ3n) is 1.91. The summed E-state index contributed by atoms with van der Waals surface area (Å²) in [5, 5.41) is 7.40. The van der Waals surface area contributed by atoms with Crippen molar-refractivity contribution in [1.82, 2.24) is 15.1 Å². The second-order valence-corrected chi connectivity index (χ2v) is 3.65. The molecule has 0 aliphatic carbocycles. The molecule has 0 saturated heterocycles. The van der Waals surface area contributed by atoms with Gasteiger partial charge in [-0.15, -0.1) is 0 Å². The standard InChI is InChI=1S/C10H11ClN4O/c1-2-5-12-10-14-9(15-16-10)8-4-3-7(11)6-13-8/h3-4,6H,2,5H2,1H3,(H,12,14,15). The Morgan fingerprint density at radius 1 is 1.44 bits per heavy atom. The zero-order chi connectivity index (χ0) is 11.4. The molecule has 2 aromatic heterocycles. The van der Waals surface area contributed by atoms with Gasteiger partial charge in [0, 0.05) is 12.7 Å². The largest absolute Gasteiger partial charge is 0.338 e. The average Bonchev–Trinajstić information content (AvgIpc) is 2.76. The topological polar surface area (TPSA) is 63.8 Å². The van der Waals surface area contributed by atoms with E-state index in [1.54, 1.807) is 18.3 Å². The molecule has 84 valence electrons. The van der Waals surface area contributed by atoms with Crippen LogP contribution in [0.25, 0.3) is 11.5 Å². The average molecular weight is 239 g/mol. The van der Waals surface area contributed by atoms with E-state index in [4.69, 9.17) is 16.1 Å². The lowest BCUT2D eigenvalue weighted by atomic mass is 10.3. The molecule has 0 saturated carbocycles. The number of aromatic nitrogens is 3. The Labute approximate surface area is 97.8 Å². The summed E-state index contributed by atoms with van der Waals surface area (Å²) in [6, 6.07) is 3.89. The highest BCUT2D eigenvalue weighted by Crippen LogP contribution is 2.16. The Morgan fingerprint density at radius 2 is 2.31 bits per heavy atom. The maximum absolute atomic E-state index is 5.73. The maximum Gasteiger partial charge on any atom is 0.321 e. The Hall–Kier alpha value is -1.62. The van der Waals surface area contributed by atoms with Crippen molar-refractivity contribution in [3.05, 3.63) is 23.4 Å². The summed E-state index contributed by atoms with van der Waals surface area (Å²) in [5.74, 6) is 0.454. The third-order valence-corrected chi connectivity index (χ3v) is 2.13. The van der Waals surface area contributed by atoms with E-state index in [0.717, 1.165) is 13.0 Å². The molecule has 2 heterocycles. The van der Waals surface area contributed by atoms with Crippen molar-refractivity contribution >= 4 is 17.6 Å². The Kier molecular flexibility index (Phi) is 3.36. The highest BCUT2D eigenvalue weighted by atomic mass is 35.5. The van der Waals surface area contributed by atoms with Crippen LogP contribution in [0.2, 0.25) is 5.02 Å². The molecule has 16 heavy (non-hydrogen) atoms. The lowest BCUT2D eigenvalue weighted by Crippen LogP contribution is -1.99. The van der Waals surface area contributed by atoms with Gasteiger partial charge in [-0.3, -0.25) is 4.98 Å². The third kappa shape index (κ3) is 2.49. The van der Waals surface area contributed by atoms with Gasteiger partial charge in [0.1, 0.15) is 5.69 Å². The molecule has 2 rings (SSSR count). The van der Waals surface area contributed by atoms with Crippen LogP contribution in [-0.4, -0.2) is 21.7 Å². The number of rotatable bonds is 4. The monoisotopic (exact) mass is 238 g/mol. The molecule has 6 heteroatoms. The van der Waals surface area contributed by atoms with E-state index < -0.39 is 0 Å². The highest BCUT2D eigenvalue weighted by Gasteiger charge is 2.08. The van der Waals surface area contributed by atoms with E-state index in [-0.39, 0.29) is 0 Å². The minimum absolute atomic E-state index is 0.411. The van der Waals surface area contributed by atoms with Crippen LogP contribution in [0.15, 0.2) is 22.9 Å². The summed E-state index contributed by atoms with van der Waals surface area (Å²) in [4.78, 5) is 8.25. The maximum atomic E-state index is 5.73. The normalized spacial score (nSPS) is 10.4. The number of halogens is 1. The molecule has 0 aromatic carbocycles. The summed E-state index contributed by atoms with van der Waals surface area (Å²) < 4.78 is 5.01. The van der Waals surface area contributed by atoms with E-state index in [1.807, 2.05) is 0 Å². The van der Waals surface area contributed by atoms with E-state index >= 15 is 0 Å². The van der Waals surface area contributed by atoms with Crippen LogP contribution in [0.1, 0.15) is 13.3 Å². The van der Waals surface area contributed by atoms with Crippen LogP contribution >= 0.6 is 11.6 Å². The summed E-state index contributed by atoms with van der Waals surface area (Å²) >= 11 is 5.73. The lowest BCUT2D eigenvalue weighted by molar-refractivity contribution is 0.432. The van der Waals surface area contributed by atoms with Gasteiger partial charge in [0.05, 0.1) is 5.02 Å². The Balaban J connectivity index is 2.15. The van der Waals surface area contributed by atoms with Crippen molar-refractivity contribution in [1.29, 1.82) is 0 Å². The molecule has 0 amide bonds. The summed E-state index contributed by atoms with van der Waals surface area (Å²) in [6.45, 7) is 2.86. The second kappa shape index (κ2) is 4.94. The van der Waals surface area contributed by atoms with Crippen molar-refractivity contribution in [3.63, 3.8) is 0 Å². The number of nitrogens with zero attached hydrogens (tertiary/aromatic N) is 3. The van der Waals surface area contributed by atoms with Crippen LogP contribution in [0, 0.1) is 0 Å². The molecular formula is C10H11ClN4O. The van der Waals surface area contributed by atoms with E-state index in [2.05, 4.69) is 27.4 Å². The molecule has 0 aliphatic rings. The van der Waals surface area contributed by atoms with Gasteiger partial charge in [0.2, 0.25) is 5.82 Å². The first-order chi connectivity index (χ1) is 7.79. The second-order valence-electron chi connectivity index (χ2n) is 3.21. The van der Waals surface area contributed by atoms with E-state index in [0.29, 0.717) is 22.6 Å². The van der Waals surface area contributed by atoms with Crippen molar-refractivity contribution in [3.8, 4) is 11.5 Å². The number of pyridine rings is 1. The minimum Gasteiger partial charge on any atom is -0.338 e. The number of hydrogen-bond donors (Lipinski definition) is 1. The SMILES string of the molecule is CCCNc1nc(-c2ccc(Cl)cn2)no1. The highest BCUT2D eigenvalue weighted by molar-refractivity contribution is 6.30. The zero-order valence-corrected chi connectivity index (χ0v) is 9.53. The quantitative estimate of drug-likeness (QED) is 0.887. The van der Waals surface area contributed by atoms with Crippen LogP contribution in [-0.2, 0) is 0 Å². The first-order valence-electron chi connectivity index (χ1n) is 4.99. The molecule has 1 N–H and O–H groups in total. The Bertz CT molecular complexity index is 454. The van der Waals surface area contributed by atoms with Crippen LogP contribution in [0.3, 0.4) is 0 Å². The van der Waals surface area contributed by atoms with Gasteiger partial charge < -0.3 is 9.84 Å². The number of hydrogen-bond acceptors (Lipinski definition) is 5. The van der Waals surface area contributed by atoms with Crippen molar-refractivity contribution in [2.75, 3.05) is 11.9 Å². The smallest absolute Gasteiger partial charge is 0.321 e. The fraction of sp³-hybridized carbons (Fsp3) is 0.300. The number of anilines is 1. The predicted octanol–water partition coefficient (Wildman–Crippen LogP) is 2.61. The van der Waals surface area contributed by atoms with Gasteiger partial charge in [-0.25, -0.2) is 0 Å². The molecule has 0 aliphatic heterocycles. The van der Waals surface area contributed by atoms with Crippen molar-refractivity contribution < 1.29 is 4.52 Å². The summed E-state index contributed by atoms with van der Waals surface area (Å²) in [5.41, 5.74) is 0.637. The lowest BCUT2D eigenvalue weighted by Gasteiger charge is -1.94. The van der Waals surface area contributed by atoms with Gasteiger partial charge in [-0.05, 0) is 18.6 Å². The van der Waals surface area contributed by atoms with Gasteiger partial charge >= 0.3 is 6.01 Å².